The van der Waals surface area contributed by atoms with Crippen molar-refractivity contribution in [1.29, 1.82) is 5.26 Å². The summed E-state index contributed by atoms with van der Waals surface area (Å²) in [5.74, 6) is -0.309. The predicted octanol–water partition coefficient (Wildman–Crippen LogP) is 2.09. The minimum Gasteiger partial charge on any atom is -0.507 e. The molecule has 0 spiro atoms. The summed E-state index contributed by atoms with van der Waals surface area (Å²) in [6.45, 7) is 0. The molecule has 0 unspecified atom stereocenters. The van der Waals surface area contributed by atoms with E-state index in [1.165, 1.54) is 31.3 Å². The summed E-state index contributed by atoms with van der Waals surface area (Å²) >= 11 is 0. The van der Waals surface area contributed by atoms with Crippen LogP contribution in [0.3, 0.4) is 0 Å². The number of benzene rings is 2. The number of para-hydroxylation sites is 1. The Balaban J connectivity index is 2.49. The summed E-state index contributed by atoms with van der Waals surface area (Å²) in [6, 6.07) is 13.9. The molecule has 20 heavy (non-hydrogen) atoms. The Bertz CT molecular complexity index is 779. The SMILES string of the molecule is CN(c1cccc(C#N)c1)S(=O)(=O)c1ccccc1O. The number of phenols is 1. The Morgan fingerprint density at radius 1 is 1.15 bits per heavy atom. The van der Waals surface area contributed by atoms with Gasteiger partial charge in [0.1, 0.15) is 10.6 Å². The van der Waals surface area contributed by atoms with Gasteiger partial charge in [0, 0.05) is 7.05 Å². The molecule has 0 aromatic heterocycles. The van der Waals surface area contributed by atoms with E-state index in [-0.39, 0.29) is 10.6 Å². The molecule has 0 heterocycles. The Kier molecular flexibility index (Phi) is 3.63. The molecule has 0 saturated carbocycles. The van der Waals surface area contributed by atoms with E-state index in [0.717, 1.165) is 4.31 Å². The number of nitriles is 1. The van der Waals surface area contributed by atoms with Crippen LogP contribution < -0.4 is 4.31 Å². The lowest BCUT2D eigenvalue weighted by atomic mass is 10.2. The van der Waals surface area contributed by atoms with E-state index in [0.29, 0.717) is 11.3 Å². The van der Waals surface area contributed by atoms with Crippen LogP contribution in [0, 0.1) is 11.3 Å². The summed E-state index contributed by atoms with van der Waals surface area (Å²) in [6.07, 6.45) is 0. The maximum absolute atomic E-state index is 12.4. The Hall–Kier alpha value is -2.52. The average molecular weight is 288 g/mol. The van der Waals surface area contributed by atoms with Crippen LogP contribution in [0.15, 0.2) is 53.4 Å². The van der Waals surface area contributed by atoms with Gasteiger partial charge < -0.3 is 5.11 Å². The van der Waals surface area contributed by atoms with Crippen molar-refractivity contribution in [3.05, 3.63) is 54.1 Å². The second kappa shape index (κ2) is 5.23. The monoisotopic (exact) mass is 288 g/mol. The molecule has 102 valence electrons. The molecule has 0 aliphatic carbocycles. The van der Waals surface area contributed by atoms with Crippen LogP contribution in [0.4, 0.5) is 5.69 Å². The maximum atomic E-state index is 12.4. The highest BCUT2D eigenvalue weighted by Gasteiger charge is 2.24. The number of anilines is 1. The Morgan fingerprint density at radius 3 is 2.50 bits per heavy atom. The van der Waals surface area contributed by atoms with E-state index in [1.54, 1.807) is 24.3 Å². The van der Waals surface area contributed by atoms with Crippen LogP contribution in [0.2, 0.25) is 0 Å². The third-order valence-electron chi connectivity index (χ3n) is 2.84. The van der Waals surface area contributed by atoms with Crippen LogP contribution in [0.5, 0.6) is 5.75 Å². The van der Waals surface area contributed by atoms with E-state index in [4.69, 9.17) is 5.26 Å². The fourth-order valence-corrected chi connectivity index (χ4v) is 3.00. The number of hydrogen-bond acceptors (Lipinski definition) is 4. The van der Waals surface area contributed by atoms with Crippen molar-refractivity contribution in [1.82, 2.24) is 0 Å². The zero-order valence-electron chi connectivity index (χ0n) is 10.7. The van der Waals surface area contributed by atoms with Gasteiger partial charge in [0.25, 0.3) is 10.0 Å². The van der Waals surface area contributed by atoms with Crippen molar-refractivity contribution in [3.63, 3.8) is 0 Å². The number of phenolic OH excluding ortho intramolecular Hbond substituents is 1. The number of rotatable bonds is 3. The number of sulfonamides is 1. The first-order valence-corrected chi connectivity index (χ1v) is 7.18. The van der Waals surface area contributed by atoms with Crippen molar-refractivity contribution in [2.45, 2.75) is 4.90 Å². The van der Waals surface area contributed by atoms with Gasteiger partial charge in [-0.2, -0.15) is 5.26 Å². The van der Waals surface area contributed by atoms with Crippen molar-refractivity contribution in [3.8, 4) is 11.8 Å². The average Bonchev–Trinajstić information content (AvgIpc) is 2.46. The van der Waals surface area contributed by atoms with Gasteiger partial charge in [-0.1, -0.05) is 18.2 Å². The van der Waals surface area contributed by atoms with Gasteiger partial charge in [0.05, 0.1) is 17.3 Å². The zero-order chi connectivity index (χ0) is 14.8. The zero-order valence-corrected chi connectivity index (χ0v) is 11.5. The first-order chi connectivity index (χ1) is 9.46. The fraction of sp³-hybridized carbons (Fsp3) is 0.0714. The predicted molar refractivity (Wildman–Crippen MR) is 74.9 cm³/mol. The van der Waals surface area contributed by atoms with Crippen molar-refractivity contribution >= 4 is 15.7 Å². The minimum atomic E-state index is -3.87. The molecule has 0 radical (unpaired) electrons. The van der Waals surface area contributed by atoms with Gasteiger partial charge in [-0.25, -0.2) is 8.42 Å². The fourth-order valence-electron chi connectivity index (χ4n) is 1.73. The number of nitrogens with zero attached hydrogens (tertiary/aromatic N) is 2. The van der Waals surface area contributed by atoms with Crippen molar-refractivity contribution in [2.75, 3.05) is 11.4 Å². The molecule has 0 bridgehead atoms. The molecule has 2 rings (SSSR count). The van der Waals surface area contributed by atoms with Gasteiger partial charge in [-0.05, 0) is 30.3 Å². The van der Waals surface area contributed by atoms with E-state index < -0.39 is 10.0 Å². The third-order valence-corrected chi connectivity index (χ3v) is 4.68. The molecule has 0 atom stereocenters. The van der Waals surface area contributed by atoms with Gasteiger partial charge in [-0.3, -0.25) is 4.31 Å². The summed E-state index contributed by atoms with van der Waals surface area (Å²) < 4.78 is 25.9. The minimum absolute atomic E-state index is 0.176. The molecule has 2 aromatic rings. The Labute approximate surface area is 117 Å². The van der Waals surface area contributed by atoms with Gasteiger partial charge in [-0.15, -0.1) is 0 Å². The maximum Gasteiger partial charge on any atom is 0.267 e. The van der Waals surface area contributed by atoms with Crippen LogP contribution in [-0.4, -0.2) is 20.6 Å². The lowest BCUT2D eigenvalue weighted by Gasteiger charge is -2.20. The van der Waals surface area contributed by atoms with E-state index in [9.17, 15) is 13.5 Å². The van der Waals surface area contributed by atoms with Gasteiger partial charge >= 0.3 is 0 Å². The summed E-state index contributed by atoms with van der Waals surface area (Å²) in [5.41, 5.74) is 0.717. The Morgan fingerprint density at radius 2 is 1.85 bits per heavy atom. The molecule has 0 aliphatic heterocycles. The van der Waals surface area contributed by atoms with Crippen molar-refractivity contribution in [2.24, 2.45) is 0 Å². The second-order valence-corrected chi connectivity index (χ2v) is 6.04. The van der Waals surface area contributed by atoms with Crippen LogP contribution in [0.25, 0.3) is 0 Å². The first-order valence-electron chi connectivity index (χ1n) is 5.74. The first kappa shape index (κ1) is 13.9. The van der Waals surface area contributed by atoms with E-state index in [1.807, 2.05) is 6.07 Å². The van der Waals surface area contributed by atoms with Gasteiger partial charge in [0.2, 0.25) is 0 Å². The number of hydrogen-bond donors (Lipinski definition) is 1. The lowest BCUT2D eigenvalue weighted by molar-refractivity contribution is 0.458. The standard InChI is InChI=1S/C14H12N2O3S/c1-16(12-6-4-5-11(9-12)10-15)20(18,19)14-8-3-2-7-13(14)17/h2-9,17H,1H3. The highest BCUT2D eigenvalue weighted by Crippen LogP contribution is 2.28. The topological polar surface area (TPSA) is 81.4 Å². The molecule has 0 amide bonds. The number of aromatic hydroxyl groups is 1. The molecule has 1 N–H and O–H groups in total. The summed E-state index contributed by atoms with van der Waals surface area (Å²) in [7, 11) is -2.50. The molecule has 0 fully saturated rings. The molecular formula is C14H12N2O3S. The highest BCUT2D eigenvalue weighted by molar-refractivity contribution is 7.92. The second-order valence-electron chi connectivity index (χ2n) is 4.10. The summed E-state index contributed by atoms with van der Waals surface area (Å²) in [5, 5.41) is 18.5. The molecular weight excluding hydrogens is 276 g/mol. The quantitative estimate of drug-likeness (QED) is 0.937. The summed E-state index contributed by atoms with van der Waals surface area (Å²) in [4.78, 5) is -0.176. The van der Waals surface area contributed by atoms with E-state index >= 15 is 0 Å². The smallest absolute Gasteiger partial charge is 0.267 e. The van der Waals surface area contributed by atoms with Crippen molar-refractivity contribution < 1.29 is 13.5 Å². The van der Waals surface area contributed by atoms with Crippen LogP contribution >= 0.6 is 0 Å². The lowest BCUT2D eigenvalue weighted by Crippen LogP contribution is -2.26. The largest absolute Gasteiger partial charge is 0.507 e. The normalized spacial score (nSPS) is 10.8. The highest BCUT2D eigenvalue weighted by atomic mass is 32.2. The molecule has 0 saturated heterocycles. The van der Waals surface area contributed by atoms with Gasteiger partial charge in [0.15, 0.2) is 0 Å². The molecule has 5 nitrogen and oxygen atoms in total. The molecule has 0 aliphatic rings. The third kappa shape index (κ3) is 2.44. The van der Waals surface area contributed by atoms with E-state index in [2.05, 4.69) is 0 Å². The van der Waals surface area contributed by atoms with Crippen LogP contribution in [0.1, 0.15) is 5.56 Å². The molecule has 2 aromatic carbocycles. The van der Waals surface area contributed by atoms with Crippen LogP contribution in [-0.2, 0) is 10.0 Å². The molecule has 6 heteroatoms.